The molecule has 1 N–H and O–H groups in total. The molecule has 0 fully saturated rings. The van der Waals surface area contributed by atoms with Gasteiger partial charge in [0.05, 0.1) is 5.52 Å². The standard InChI is InChI=1S/C19H18N2O3/c1-2-5-13-8-10-14(11-9-13)17(22)12-24-19(23)18-15-6-3-4-7-16(15)20-21-18/h3-4,6-11H,2,5,12H2,1H3,(H,20,21). The predicted octanol–water partition coefficient (Wildman–Crippen LogP) is 3.56. The van der Waals surface area contributed by atoms with E-state index in [0.717, 1.165) is 18.4 Å². The number of benzene rings is 2. The molecule has 3 rings (SSSR count). The Morgan fingerprint density at radius 3 is 2.58 bits per heavy atom. The normalized spacial score (nSPS) is 10.7. The van der Waals surface area contributed by atoms with Crippen LogP contribution in [0.3, 0.4) is 0 Å². The number of aryl methyl sites for hydroxylation is 1. The van der Waals surface area contributed by atoms with Crippen LogP contribution in [0.2, 0.25) is 0 Å². The number of Topliss-reactive ketones (excluding diaryl/α,β-unsaturated/α-hetero) is 1. The van der Waals surface area contributed by atoms with Gasteiger partial charge < -0.3 is 4.74 Å². The zero-order valence-corrected chi connectivity index (χ0v) is 13.4. The first-order valence-electron chi connectivity index (χ1n) is 7.91. The molecule has 2 aromatic carbocycles. The van der Waals surface area contributed by atoms with Crippen LogP contribution in [0.15, 0.2) is 48.5 Å². The Morgan fingerprint density at radius 1 is 1.08 bits per heavy atom. The lowest BCUT2D eigenvalue weighted by Crippen LogP contribution is -2.14. The van der Waals surface area contributed by atoms with Crippen molar-refractivity contribution in [1.82, 2.24) is 10.2 Å². The number of hydrogen-bond acceptors (Lipinski definition) is 4. The molecule has 0 spiro atoms. The van der Waals surface area contributed by atoms with Crippen LogP contribution < -0.4 is 0 Å². The number of esters is 1. The molecule has 0 radical (unpaired) electrons. The Morgan fingerprint density at radius 2 is 1.83 bits per heavy atom. The molecule has 24 heavy (non-hydrogen) atoms. The van der Waals surface area contributed by atoms with Crippen LogP contribution in [0.25, 0.3) is 10.9 Å². The van der Waals surface area contributed by atoms with Gasteiger partial charge in [-0.2, -0.15) is 5.10 Å². The van der Waals surface area contributed by atoms with Crippen molar-refractivity contribution in [3.63, 3.8) is 0 Å². The highest BCUT2D eigenvalue weighted by Gasteiger charge is 2.17. The number of hydrogen-bond donors (Lipinski definition) is 1. The molecule has 122 valence electrons. The van der Waals surface area contributed by atoms with Gasteiger partial charge in [-0.25, -0.2) is 4.79 Å². The maximum atomic E-state index is 12.1. The van der Waals surface area contributed by atoms with Gasteiger partial charge in [0, 0.05) is 10.9 Å². The average Bonchev–Trinajstić information content (AvgIpc) is 3.04. The third-order valence-corrected chi connectivity index (χ3v) is 3.81. The number of nitrogens with one attached hydrogen (secondary N) is 1. The Kier molecular flexibility index (Phi) is 4.70. The molecule has 1 aromatic heterocycles. The lowest BCUT2D eigenvalue weighted by molar-refractivity contribution is 0.0471. The predicted molar refractivity (Wildman–Crippen MR) is 91.1 cm³/mol. The summed E-state index contributed by atoms with van der Waals surface area (Å²) in [6, 6.07) is 14.7. The van der Waals surface area contributed by atoms with Crippen molar-refractivity contribution in [2.75, 3.05) is 6.61 Å². The van der Waals surface area contributed by atoms with Crippen LogP contribution in [0.4, 0.5) is 0 Å². The van der Waals surface area contributed by atoms with Crippen molar-refractivity contribution in [3.05, 3.63) is 65.4 Å². The Balaban J connectivity index is 1.64. The van der Waals surface area contributed by atoms with Gasteiger partial charge in [-0.3, -0.25) is 9.89 Å². The quantitative estimate of drug-likeness (QED) is 0.556. The highest BCUT2D eigenvalue weighted by molar-refractivity contribution is 6.03. The van der Waals surface area contributed by atoms with E-state index in [0.29, 0.717) is 10.9 Å². The van der Waals surface area contributed by atoms with Crippen molar-refractivity contribution in [3.8, 4) is 0 Å². The van der Waals surface area contributed by atoms with Crippen LogP contribution >= 0.6 is 0 Å². The zero-order chi connectivity index (χ0) is 16.9. The summed E-state index contributed by atoms with van der Waals surface area (Å²) in [7, 11) is 0. The van der Waals surface area contributed by atoms with E-state index in [4.69, 9.17) is 4.74 Å². The molecular weight excluding hydrogens is 304 g/mol. The third kappa shape index (κ3) is 3.35. The molecule has 0 aliphatic carbocycles. The Hall–Kier alpha value is -2.95. The molecule has 0 saturated heterocycles. The molecule has 0 aliphatic heterocycles. The fourth-order valence-corrected chi connectivity index (χ4v) is 2.55. The van der Waals surface area contributed by atoms with E-state index in [1.165, 1.54) is 5.56 Å². The number of aromatic nitrogens is 2. The summed E-state index contributed by atoms with van der Waals surface area (Å²) in [6.45, 7) is 1.81. The highest BCUT2D eigenvalue weighted by atomic mass is 16.5. The van der Waals surface area contributed by atoms with Gasteiger partial charge in [-0.15, -0.1) is 0 Å². The van der Waals surface area contributed by atoms with Crippen LogP contribution in [0.1, 0.15) is 39.8 Å². The van der Waals surface area contributed by atoms with E-state index in [2.05, 4.69) is 17.1 Å². The molecular formula is C19H18N2O3. The highest BCUT2D eigenvalue weighted by Crippen LogP contribution is 2.16. The van der Waals surface area contributed by atoms with Crippen LogP contribution in [0.5, 0.6) is 0 Å². The van der Waals surface area contributed by atoms with Gasteiger partial charge in [-0.1, -0.05) is 55.8 Å². The van der Waals surface area contributed by atoms with Crippen molar-refractivity contribution in [2.45, 2.75) is 19.8 Å². The molecule has 1 heterocycles. The summed E-state index contributed by atoms with van der Waals surface area (Å²) in [6.07, 6.45) is 2.04. The molecule has 0 amide bonds. The zero-order valence-electron chi connectivity index (χ0n) is 13.4. The number of para-hydroxylation sites is 1. The topological polar surface area (TPSA) is 72.1 Å². The van der Waals surface area contributed by atoms with Crippen LogP contribution in [-0.2, 0) is 11.2 Å². The molecule has 5 heteroatoms. The minimum Gasteiger partial charge on any atom is -0.452 e. The first kappa shape index (κ1) is 15.9. The first-order valence-corrected chi connectivity index (χ1v) is 7.91. The maximum absolute atomic E-state index is 12.1. The van der Waals surface area contributed by atoms with Gasteiger partial charge in [-0.05, 0) is 18.1 Å². The Labute approximate surface area is 139 Å². The molecule has 0 atom stereocenters. The number of ketones is 1. The number of carbonyl (C=O) groups excluding carboxylic acids is 2. The van der Waals surface area contributed by atoms with E-state index < -0.39 is 5.97 Å². The largest absolute Gasteiger partial charge is 0.452 e. The second kappa shape index (κ2) is 7.08. The number of fused-ring (bicyclic) bond motifs is 1. The van der Waals surface area contributed by atoms with Gasteiger partial charge in [0.2, 0.25) is 0 Å². The number of H-pyrrole nitrogens is 1. The number of rotatable bonds is 6. The maximum Gasteiger partial charge on any atom is 0.359 e. The second-order valence-electron chi connectivity index (χ2n) is 5.56. The van der Waals surface area contributed by atoms with Gasteiger partial charge in [0.25, 0.3) is 0 Å². The van der Waals surface area contributed by atoms with E-state index >= 15 is 0 Å². The number of carbonyl (C=O) groups is 2. The third-order valence-electron chi connectivity index (χ3n) is 3.81. The number of ether oxygens (including phenoxy) is 1. The summed E-state index contributed by atoms with van der Waals surface area (Å²) in [5, 5.41) is 7.42. The summed E-state index contributed by atoms with van der Waals surface area (Å²) < 4.78 is 5.12. The minimum atomic E-state index is -0.608. The Bertz CT molecular complexity index is 866. The smallest absolute Gasteiger partial charge is 0.359 e. The molecule has 3 aromatic rings. The summed E-state index contributed by atoms with van der Waals surface area (Å²) in [5.41, 5.74) is 2.67. The summed E-state index contributed by atoms with van der Waals surface area (Å²) in [4.78, 5) is 24.3. The molecule has 0 bridgehead atoms. The van der Waals surface area contributed by atoms with E-state index in [9.17, 15) is 9.59 Å². The van der Waals surface area contributed by atoms with Crippen LogP contribution in [0, 0.1) is 0 Å². The SMILES string of the molecule is CCCc1ccc(C(=O)COC(=O)c2n[nH]c3ccccc23)cc1. The second-order valence-corrected chi connectivity index (χ2v) is 5.56. The number of nitrogens with zero attached hydrogens (tertiary/aromatic N) is 1. The van der Waals surface area contributed by atoms with Crippen LogP contribution in [-0.4, -0.2) is 28.6 Å². The van der Waals surface area contributed by atoms with Gasteiger partial charge in [0.15, 0.2) is 18.1 Å². The lowest BCUT2D eigenvalue weighted by atomic mass is 10.1. The van der Waals surface area contributed by atoms with Crippen molar-refractivity contribution in [1.29, 1.82) is 0 Å². The summed E-state index contributed by atoms with van der Waals surface area (Å²) >= 11 is 0. The monoisotopic (exact) mass is 322 g/mol. The van der Waals surface area contributed by atoms with Gasteiger partial charge >= 0.3 is 5.97 Å². The number of aromatic amines is 1. The average molecular weight is 322 g/mol. The van der Waals surface area contributed by atoms with Crippen molar-refractivity contribution >= 4 is 22.7 Å². The molecule has 0 aliphatic rings. The molecule has 5 nitrogen and oxygen atoms in total. The minimum absolute atomic E-state index is 0.191. The van der Waals surface area contributed by atoms with Crippen molar-refractivity contribution in [2.24, 2.45) is 0 Å². The van der Waals surface area contributed by atoms with Gasteiger partial charge in [0.1, 0.15) is 0 Å². The fourth-order valence-electron chi connectivity index (χ4n) is 2.55. The fraction of sp³-hybridized carbons (Fsp3) is 0.211. The molecule has 0 saturated carbocycles. The van der Waals surface area contributed by atoms with E-state index in [1.54, 1.807) is 18.2 Å². The van der Waals surface area contributed by atoms with E-state index in [1.807, 2.05) is 30.3 Å². The lowest BCUT2D eigenvalue weighted by Gasteiger charge is -2.04. The summed E-state index contributed by atoms with van der Waals surface area (Å²) in [5.74, 6) is -0.838. The van der Waals surface area contributed by atoms with E-state index in [-0.39, 0.29) is 18.1 Å². The van der Waals surface area contributed by atoms with Crippen molar-refractivity contribution < 1.29 is 14.3 Å². The molecule has 0 unspecified atom stereocenters. The first-order chi connectivity index (χ1) is 11.7.